The van der Waals surface area contributed by atoms with Crippen molar-refractivity contribution in [1.29, 1.82) is 0 Å². The van der Waals surface area contributed by atoms with Crippen LogP contribution in [0.3, 0.4) is 0 Å². The number of hydrogen-bond donors (Lipinski definition) is 1. The lowest BCUT2D eigenvalue weighted by atomic mass is 10.1. The molecule has 2 heterocycles. The molecule has 0 aliphatic carbocycles. The Bertz CT molecular complexity index is 439. The fourth-order valence-electron chi connectivity index (χ4n) is 1.81. The van der Waals surface area contributed by atoms with Gasteiger partial charge in [-0.25, -0.2) is 0 Å². The molecule has 1 amide bonds. The Balaban J connectivity index is 1.99. The molecule has 0 saturated carbocycles. The van der Waals surface area contributed by atoms with Gasteiger partial charge in [0.05, 0.1) is 5.56 Å². The van der Waals surface area contributed by atoms with Crippen molar-refractivity contribution in [2.24, 2.45) is 0 Å². The number of hydrogen-bond acceptors (Lipinski definition) is 3. The third-order valence-electron chi connectivity index (χ3n) is 2.87. The molecule has 0 spiro atoms. The van der Waals surface area contributed by atoms with Crippen LogP contribution in [0.2, 0.25) is 0 Å². The number of carbonyl (C=O) groups is 1. The summed E-state index contributed by atoms with van der Waals surface area (Å²) >= 11 is 0. The lowest BCUT2D eigenvalue weighted by molar-refractivity contribution is -0.141. The van der Waals surface area contributed by atoms with E-state index < -0.39 is 17.8 Å². The molecule has 0 atom stereocenters. The first-order chi connectivity index (χ1) is 8.97. The van der Waals surface area contributed by atoms with E-state index in [1.807, 2.05) is 0 Å². The van der Waals surface area contributed by atoms with Crippen LogP contribution in [-0.4, -0.2) is 30.1 Å². The number of alkyl halides is 3. The highest BCUT2D eigenvalue weighted by atomic mass is 19.4. The molecule has 7 heteroatoms. The number of carbonyl (C=O) groups excluding carboxylic acids is 1. The summed E-state index contributed by atoms with van der Waals surface area (Å²) in [5.41, 5.74) is -0.880. The normalized spacial score (nSPS) is 17.2. The minimum absolute atomic E-state index is 0.00328. The predicted octanol–water partition coefficient (Wildman–Crippen LogP) is 2.01. The molecule has 0 bridgehead atoms. The van der Waals surface area contributed by atoms with Crippen molar-refractivity contribution in [1.82, 2.24) is 10.3 Å². The Hall–Kier alpha value is -1.63. The molecule has 1 fully saturated rings. The average molecular weight is 274 g/mol. The van der Waals surface area contributed by atoms with Gasteiger partial charge in [0.25, 0.3) is 5.91 Å². The van der Waals surface area contributed by atoms with E-state index in [1.54, 1.807) is 0 Å². The molecular weight excluding hydrogens is 261 g/mol. The van der Waals surface area contributed by atoms with Gasteiger partial charge >= 0.3 is 6.18 Å². The summed E-state index contributed by atoms with van der Waals surface area (Å²) in [6.45, 7) is 1.16. The Kier molecular flexibility index (Phi) is 4.04. The fraction of sp³-hybridized carbons (Fsp3) is 0.500. The fourth-order valence-corrected chi connectivity index (χ4v) is 1.81. The Morgan fingerprint density at radius 3 is 2.53 bits per heavy atom. The maximum absolute atomic E-state index is 12.3. The van der Waals surface area contributed by atoms with Crippen LogP contribution in [0.5, 0.6) is 0 Å². The van der Waals surface area contributed by atoms with Gasteiger partial charge in [-0.05, 0) is 25.0 Å². The number of nitrogens with zero attached hydrogens (tertiary/aromatic N) is 1. The summed E-state index contributed by atoms with van der Waals surface area (Å²) < 4.78 is 42.1. The van der Waals surface area contributed by atoms with Crippen LogP contribution in [0.4, 0.5) is 13.2 Å². The summed E-state index contributed by atoms with van der Waals surface area (Å²) in [6, 6.07) is 1.94. The number of amides is 1. The lowest BCUT2D eigenvalue weighted by Crippen LogP contribution is -2.38. The van der Waals surface area contributed by atoms with Crippen molar-refractivity contribution in [3.63, 3.8) is 0 Å². The molecule has 0 unspecified atom stereocenters. The molecule has 1 aromatic rings. The van der Waals surface area contributed by atoms with Gasteiger partial charge in [-0.15, -0.1) is 0 Å². The van der Waals surface area contributed by atoms with Gasteiger partial charge in [0.15, 0.2) is 0 Å². The second-order valence-electron chi connectivity index (χ2n) is 4.29. The number of pyridine rings is 1. The third-order valence-corrected chi connectivity index (χ3v) is 2.87. The molecule has 19 heavy (non-hydrogen) atoms. The van der Waals surface area contributed by atoms with Crippen molar-refractivity contribution >= 4 is 5.91 Å². The van der Waals surface area contributed by atoms with Crippen LogP contribution in [0.15, 0.2) is 18.3 Å². The molecule has 0 radical (unpaired) electrons. The minimum Gasteiger partial charge on any atom is -0.381 e. The van der Waals surface area contributed by atoms with Crippen LogP contribution in [-0.2, 0) is 10.9 Å². The molecule has 1 N–H and O–H groups in total. The molecule has 1 saturated heterocycles. The first-order valence-corrected chi connectivity index (χ1v) is 5.88. The zero-order valence-electron chi connectivity index (χ0n) is 10.0. The van der Waals surface area contributed by atoms with E-state index in [2.05, 4.69) is 10.3 Å². The monoisotopic (exact) mass is 274 g/mol. The van der Waals surface area contributed by atoms with E-state index in [0.29, 0.717) is 26.1 Å². The van der Waals surface area contributed by atoms with Gasteiger partial charge < -0.3 is 10.1 Å². The number of aromatic nitrogens is 1. The molecule has 1 aliphatic heterocycles. The van der Waals surface area contributed by atoms with Gasteiger partial charge in [0.1, 0.15) is 5.69 Å². The van der Waals surface area contributed by atoms with Crippen molar-refractivity contribution in [2.45, 2.75) is 25.1 Å². The largest absolute Gasteiger partial charge is 0.433 e. The van der Waals surface area contributed by atoms with Gasteiger partial charge in [-0.1, -0.05) is 0 Å². The summed E-state index contributed by atoms with van der Waals surface area (Å²) in [7, 11) is 0. The molecule has 0 aromatic carbocycles. The second kappa shape index (κ2) is 5.56. The van der Waals surface area contributed by atoms with Gasteiger partial charge in [-0.2, -0.15) is 13.2 Å². The highest BCUT2D eigenvalue weighted by molar-refractivity contribution is 5.94. The summed E-state index contributed by atoms with van der Waals surface area (Å²) in [5, 5.41) is 2.75. The summed E-state index contributed by atoms with van der Waals surface area (Å²) in [5.74, 6) is -0.409. The second-order valence-corrected chi connectivity index (χ2v) is 4.29. The van der Waals surface area contributed by atoms with Gasteiger partial charge in [0, 0.05) is 25.5 Å². The smallest absolute Gasteiger partial charge is 0.381 e. The first-order valence-electron chi connectivity index (χ1n) is 5.88. The highest BCUT2D eigenvalue weighted by Gasteiger charge is 2.32. The quantitative estimate of drug-likeness (QED) is 0.897. The van der Waals surface area contributed by atoms with Crippen LogP contribution in [0, 0.1) is 0 Å². The van der Waals surface area contributed by atoms with E-state index in [4.69, 9.17) is 4.74 Å². The van der Waals surface area contributed by atoms with Crippen LogP contribution >= 0.6 is 0 Å². The maximum atomic E-state index is 12.3. The average Bonchev–Trinajstić information content (AvgIpc) is 2.39. The zero-order valence-corrected chi connectivity index (χ0v) is 10.0. The first kappa shape index (κ1) is 13.8. The van der Waals surface area contributed by atoms with Crippen LogP contribution in [0.1, 0.15) is 28.9 Å². The topological polar surface area (TPSA) is 51.2 Å². The SMILES string of the molecule is O=C(NC1CCOCC1)c1ccc(C(F)(F)F)nc1. The predicted molar refractivity (Wildman–Crippen MR) is 60.5 cm³/mol. The molecular formula is C12H13F3N2O2. The van der Waals surface area contributed by atoms with E-state index in [0.717, 1.165) is 18.3 Å². The minimum atomic E-state index is -4.49. The molecule has 4 nitrogen and oxygen atoms in total. The zero-order chi connectivity index (χ0) is 13.9. The summed E-state index contributed by atoms with van der Waals surface area (Å²) in [6.07, 6.45) is -2.13. The van der Waals surface area contributed by atoms with Crippen LogP contribution < -0.4 is 5.32 Å². The third kappa shape index (κ3) is 3.66. The van der Waals surface area contributed by atoms with E-state index in [1.165, 1.54) is 0 Å². The number of halogens is 3. The van der Waals surface area contributed by atoms with Crippen molar-refractivity contribution in [3.05, 3.63) is 29.6 Å². The number of ether oxygens (including phenoxy) is 1. The van der Waals surface area contributed by atoms with E-state index >= 15 is 0 Å². The Morgan fingerprint density at radius 1 is 1.32 bits per heavy atom. The molecule has 1 aromatic heterocycles. The molecule has 2 rings (SSSR count). The highest BCUT2D eigenvalue weighted by Crippen LogP contribution is 2.27. The van der Waals surface area contributed by atoms with Crippen molar-refractivity contribution in [2.75, 3.05) is 13.2 Å². The van der Waals surface area contributed by atoms with E-state index in [9.17, 15) is 18.0 Å². The van der Waals surface area contributed by atoms with Gasteiger partial charge in [-0.3, -0.25) is 9.78 Å². The van der Waals surface area contributed by atoms with Gasteiger partial charge in [0.2, 0.25) is 0 Å². The van der Waals surface area contributed by atoms with Crippen LogP contribution in [0.25, 0.3) is 0 Å². The summed E-state index contributed by atoms with van der Waals surface area (Å²) in [4.78, 5) is 15.1. The van der Waals surface area contributed by atoms with Crippen molar-refractivity contribution < 1.29 is 22.7 Å². The van der Waals surface area contributed by atoms with E-state index in [-0.39, 0.29) is 11.6 Å². The number of nitrogens with one attached hydrogen (secondary N) is 1. The molecule has 104 valence electrons. The standard InChI is InChI=1S/C12H13F3N2O2/c13-12(14,15)10-2-1-8(7-16-10)11(18)17-9-3-5-19-6-4-9/h1-2,7,9H,3-6H2,(H,17,18). The number of rotatable bonds is 2. The maximum Gasteiger partial charge on any atom is 0.433 e. The lowest BCUT2D eigenvalue weighted by Gasteiger charge is -2.23. The van der Waals surface area contributed by atoms with Crippen molar-refractivity contribution in [3.8, 4) is 0 Å². The molecule has 1 aliphatic rings. The Labute approximate surface area is 108 Å². The Morgan fingerprint density at radius 2 is 2.00 bits per heavy atom.